The summed E-state index contributed by atoms with van der Waals surface area (Å²) in [5, 5.41) is 6.96. The van der Waals surface area contributed by atoms with Gasteiger partial charge in [-0.25, -0.2) is 4.98 Å². The first-order valence-corrected chi connectivity index (χ1v) is 13.4. The lowest BCUT2D eigenvalue weighted by molar-refractivity contribution is -0.347. The lowest BCUT2D eigenvalue weighted by Crippen LogP contribution is -2.45. The zero-order chi connectivity index (χ0) is 26.6. The normalized spacial score (nSPS) is 16.9. The average Bonchev–Trinajstić information content (AvgIpc) is 3.42. The largest absolute Gasteiger partial charge is 0.495 e. The molecule has 3 heterocycles. The summed E-state index contributed by atoms with van der Waals surface area (Å²) >= 11 is 0. The molecule has 3 aromatic rings. The summed E-state index contributed by atoms with van der Waals surface area (Å²) in [4.78, 5) is 43.2. The maximum absolute atomic E-state index is 12.4. The number of likely N-dealkylation sites (N-methyl/N-ethyl adjacent to an activating group) is 1. The highest BCUT2D eigenvalue weighted by molar-refractivity contribution is 6.34. The Morgan fingerprint density at radius 1 is 1.11 bits per heavy atom. The number of rotatable bonds is 6. The molecule has 5 rings (SSSR count). The summed E-state index contributed by atoms with van der Waals surface area (Å²) in [6.45, 7) is 1.12. The number of hydrogen-bond acceptors (Lipinski definition) is 7. The van der Waals surface area contributed by atoms with Crippen LogP contribution in [-0.4, -0.2) is 76.9 Å². The maximum Gasteiger partial charge on any atom is 0.312 e. The van der Waals surface area contributed by atoms with Gasteiger partial charge in [-0.1, -0.05) is 30.3 Å². The van der Waals surface area contributed by atoms with Crippen molar-refractivity contribution >= 4 is 40.4 Å². The summed E-state index contributed by atoms with van der Waals surface area (Å²) in [5.74, 6) is 1.34. The van der Waals surface area contributed by atoms with E-state index in [-0.39, 0.29) is 5.92 Å². The fourth-order valence-electron chi connectivity index (χ4n) is 5.41. The van der Waals surface area contributed by atoms with E-state index in [9.17, 15) is 9.59 Å². The first-order chi connectivity index (χ1) is 18.4. The first kappa shape index (κ1) is 25.7. The van der Waals surface area contributed by atoms with Crippen molar-refractivity contribution in [2.24, 2.45) is 0 Å². The molecule has 2 fully saturated rings. The van der Waals surface area contributed by atoms with Crippen LogP contribution in [0, 0.1) is 0 Å². The van der Waals surface area contributed by atoms with Gasteiger partial charge in [0.25, 0.3) is 0 Å². The number of aromatic nitrogens is 4. The van der Waals surface area contributed by atoms with Gasteiger partial charge in [0.2, 0.25) is 5.52 Å². The number of ether oxygens (including phenoxy) is 1. The molecular weight excluding hydrogens is 484 g/mol. The second-order valence-electron chi connectivity index (χ2n) is 10.4. The Hall–Kier alpha value is -3.89. The predicted molar refractivity (Wildman–Crippen MR) is 144 cm³/mol. The molecule has 1 aromatic carbocycles. The van der Waals surface area contributed by atoms with Gasteiger partial charge >= 0.3 is 23.4 Å². The molecule has 1 saturated carbocycles. The molecule has 11 nitrogen and oxygen atoms in total. The number of hydrogen-bond donors (Lipinski definition) is 3. The Morgan fingerprint density at radius 2 is 1.87 bits per heavy atom. The van der Waals surface area contributed by atoms with Crippen LogP contribution in [0.1, 0.15) is 56.4 Å². The molecule has 0 atom stereocenters. The number of likely N-dealkylation sites (tertiary alicyclic amines) is 1. The van der Waals surface area contributed by atoms with Crippen molar-refractivity contribution in [3.63, 3.8) is 0 Å². The number of anilines is 3. The molecule has 2 amide bonds. The Bertz CT molecular complexity index is 1290. The minimum atomic E-state index is -0.477. The number of nitrogens with one attached hydrogen (secondary N) is 4. The van der Waals surface area contributed by atoms with Gasteiger partial charge in [0.05, 0.1) is 12.8 Å². The van der Waals surface area contributed by atoms with Gasteiger partial charge in [0.1, 0.15) is 5.75 Å². The molecule has 202 valence electrons. The van der Waals surface area contributed by atoms with E-state index in [1.807, 2.05) is 12.1 Å². The lowest BCUT2D eigenvalue weighted by atomic mass is 9.89. The van der Waals surface area contributed by atoms with Crippen LogP contribution in [0.25, 0.3) is 11.2 Å². The van der Waals surface area contributed by atoms with Gasteiger partial charge in [-0.2, -0.15) is 4.98 Å². The van der Waals surface area contributed by atoms with Crippen molar-refractivity contribution in [1.29, 1.82) is 0 Å². The van der Waals surface area contributed by atoms with E-state index in [2.05, 4.69) is 31.7 Å². The number of carbonyl (C=O) groups is 2. The Balaban J connectivity index is 1.29. The fraction of sp³-hybridized carbons (Fsp3) is 0.519. The molecule has 38 heavy (non-hydrogen) atoms. The molecule has 1 aliphatic carbocycles. The number of piperidine rings is 1. The molecule has 0 radical (unpaired) electrons. The van der Waals surface area contributed by atoms with Crippen LogP contribution in [0.4, 0.5) is 17.5 Å². The first-order valence-electron chi connectivity index (χ1n) is 13.4. The summed E-state index contributed by atoms with van der Waals surface area (Å²) in [5.41, 5.74) is 3.51. The molecular formula is C27H37N8O3+. The van der Waals surface area contributed by atoms with Gasteiger partial charge in [-0.05, 0) is 49.3 Å². The van der Waals surface area contributed by atoms with Crippen molar-refractivity contribution in [3.8, 4) is 5.75 Å². The fourth-order valence-corrected chi connectivity index (χ4v) is 5.41. The predicted octanol–water partition coefficient (Wildman–Crippen LogP) is 3.06. The lowest BCUT2D eigenvalue weighted by Gasteiger charge is -2.32. The zero-order valence-corrected chi connectivity index (χ0v) is 22.3. The van der Waals surface area contributed by atoms with Crippen LogP contribution < -0.4 is 20.4 Å². The van der Waals surface area contributed by atoms with Crippen LogP contribution in [0.15, 0.2) is 24.5 Å². The summed E-state index contributed by atoms with van der Waals surface area (Å²) in [6, 6.07) is 6.52. The molecule has 0 bridgehead atoms. The number of amides is 2. The highest BCUT2D eigenvalue weighted by atomic mass is 16.5. The van der Waals surface area contributed by atoms with E-state index in [4.69, 9.17) is 9.72 Å². The quantitative estimate of drug-likeness (QED) is 0.425. The summed E-state index contributed by atoms with van der Waals surface area (Å²) in [7, 11) is 4.85. The number of nitrogens with zero attached hydrogens (tertiary/aromatic N) is 4. The van der Waals surface area contributed by atoms with Crippen LogP contribution in [0.3, 0.4) is 0 Å². The molecule has 0 unspecified atom stereocenters. The summed E-state index contributed by atoms with van der Waals surface area (Å²) < 4.78 is 5.73. The third kappa shape index (κ3) is 5.51. The standard InChI is InChI=1S/C27H36N8O3/c1-34(2)25(36)26(37)35-13-11-17(12-14-35)18-9-10-20(21(15-18)38-3)31-27-32-23-22(28-16-29-23)24(33-27)30-19-7-5-4-6-8-19/h9-10,15-17,19H,4-8,11-14H2,1-3H3,(H3,28,29,30,31,32,33)/p+1. The van der Waals surface area contributed by atoms with Gasteiger partial charge in [-0.3, -0.25) is 14.6 Å². The second kappa shape index (κ2) is 11.2. The van der Waals surface area contributed by atoms with E-state index in [0.717, 1.165) is 53.9 Å². The molecule has 2 aliphatic rings. The number of H-pyrrole nitrogens is 2. The van der Waals surface area contributed by atoms with Crippen LogP contribution >= 0.6 is 0 Å². The van der Waals surface area contributed by atoms with Crippen molar-refractivity contribution in [1.82, 2.24) is 24.8 Å². The third-order valence-electron chi connectivity index (χ3n) is 7.60. The molecule has 2 aromatic heterocycles. The molecule has 1 aliphatic heterocycles. The SMILES string of the molecule is COc1cc(C2CCN(C(=O)C(=O)N(C)C)CC2)ccc1Nc1nc(NC2CCCCC2)c2[nH]c[nH+]c2n1. The van der Waals surface area contributed by atoms with Crippen molar-refractivity contribution in [2.45, 2.75) is 56.9 Å². The van der Waals surface area contributed by atoms with Crippen LogP contribution in [0.5, 0.6) is 5.75 Å². The number of carbonyl (C=O) groups excluding carboxylic acids is 2. The van der Waals surface area contributed by atoms with E-state index in [0.29, 0.717) is 30.8 Å². The van der Waals surface area contributed by atoms with E-state index in [1.165, 1.54) is 24.2 Å². The smallest absolute Gasteiger partial charge is 0.312 e. The minimum Gasteiger partial charge on any atom is -0.495 e. The Morgan fingerprint density at radius 3 is 2.58 bits per heavy atom. The van der Waals surface area contributed by atoms with Gasteiger partial charge in [0.15, 0.2) is 12.1 Å². The van der Waals surface area contributed by atoms with Crippen LogP contribution in [-0.2, 0) is 9.59 Å². The number of aromatic amines is 2. The number of fused-ring (bicyclic) bond motifs is 1. The number of benzene rings is 1. The highest BCUT2D eigenvalue weighted by Crippen LogP contribution is 2.35. The van der Waals surface area contributed by atoms with Crippen LogP contribution in [0.2, 0.25) is 0 Å². The molecule has 1 saturated heterocycles. The van der Waals surface area contributed by atoms with Gasteiger partial charge in [0, 0.05) is 33.2 Å². The highest BCUT2D eigenvalue weighted by Gasteiger charge is 2.29. The maximum atomic E-state index is 12.4. The van der Waals surface area contributed by atoms with E-state index < -0.39 is 11.8 Å². The molecule has 11 heteroatoms. The Labute approximate surface area is 222 Å². The van der Waals surface area contributed by atoms with E-state index >= 15 is 0 Å². The summed E-state index contributed by atoms with van der Waals surface area (Å²) in [6.07, 6.45) is 9.41. The topological polar surface area (TPSA) is 130 Å². The number of imidazole rings is 1. The van der Waals surface area contributed by atoms with Crippen molar-refractivity contribution in [2.75, 3.05) is 44.9 Å². The monoisotopic (exact) mass is 521 g/mol. The number of methoxy groups -OCH3 is 1. The minimum absolute atomic E-state index is 0.282. The molecule has 4 N–H and O–H groups in total. The third-order valence-corrected chi connectivity index (χ3v) is 7.60. The zero-order valence-electron chi connectivity index (χ0n) is 22.3. The Kier molecular flexibility index (Phi) is 7.62. The average molecular weight is 522 g/mol. The molecule has 0 spiro atoms. The van der Waals surface area contributed by atoms with Crippen molar-refractivity contribution < 1.29 is 19.3 Å². The second-order valence-corrected chi connectivity index (χ2v) is 10.4. The van der Waals surface area contributed by atoms with Gasteiger partial charge < -0.3 is 25.2 Å². The van der Waals surface area contributed by atoms with Gasteiger partial charge in [-0.15, -0.1) is 0 Å². The van der Waals surface area contributed by atoms with E-state index in [1.54, 1.807) is 32.4 Å². The van der Waals surface area contributed by atoms with Crippen molar-refractivity contribution in [3.05, 3.63) is 30.1 Å².